The number of hydrogen-bond acceptors (Lipinski definition) is 3. The quantitative estimate of drug-likeness (QED) is 0.517. The van der Waals surface area contributed by atoms with Crippen LogP contribution in [-0.4, -0.2) is 5.78 Å². The summed E-state index contributed by atoms with van der Waals surface area (Å²) in [5.74, 6) is 1.46. The zero-order valence-corrected chi connectivity index (χ0v) is 15.4. The van der Waals surface area contributed by atoms with Gasteiger partial charge in [0.2, 0.25) is 0 Å². The molecule has 4 rings (SSSR count). The summed E-state index contributed by atoms with van der Waals surface area (Å²) in [5, 5.41) is 0. The number of hydrogen-bond donors (Lipinski definition) is 0. The smallest absolute Gasteiger partial charge is 0.195 e. The molecule has 0 aliphatic heterocycles. The molecule has 0 atom stereocenters. The molecular weight excluding hydrogens is 420 g/mol. The molecule has 0 radical (unpaired) electrons. The molecule has 5 heteroatoms. The average Bonchev–Trinajstić information content (AvgIpc) is 3.33. The highest BCUT2D eigenvalue weighted by Gasteiger charge is 2.34. The molecule has 0 bridgehead atoms. The third kappa shape index (κ3) is 2.47. The van der Waals surface area contributed by atoms with Crippen molar-refractivity contribution in [2.45, 2.75) is 37.5 Å². The summed E-state index contributed by atoms with van der Waals surface area (Å²) in [5.41, 5.74) is 1.85. The molecule has 0 N–H and O–H groups in total. The Balaban J connectivity index is 1.77. The Morgan fingerprint density at radius 2 is 1.30 bits per heavy atom. The Labute approximate surface area is 142 Å². The molecular formula is C15H12Br2OS2. The maximum absolute atomic E-state index is 13.0. The second kappa shape index (κ2) is 5.04. The molecule has 0 saturated heterocycles. The third-order valence-electron chi connectivity index (χ3n) is 3.85. The van der Waals surface area contributed by atoms with Crippen molar-refractivity contribution in [1.29, 1.82) is 0 Å². The van der Waals surface area contributed by atoms with Gasteiger partial charge in [-0.25, -0.2) is 0 Å². The average molecular weight is 432 g/mol. The predicted octanol–water partition coefficient (Wildman–Crippen LogP) is 6.32. The van der Waals surface area contributed by atoms with Crippen LogP contribution in [0.4, 0.5) is 0 Å². The van der Waals surface area contributed by atoms with E-state index in [2.05, 4.69) is 31.9 Å². The fourth-order valence-corrected chi connectivity index (χ4v) is 6.15. The van der Waals surface area contributed by atoms with Crippen LogP contribution < -0.4 is 0 Å². The van der Waals surface area contributed by atoms with Crippen LogP contribution in [0.5, 0.6) is 0 Å². The van der Waals surface area contributed by atoms with Crippen LogP contribution in [0, 0.1) is 0 Å². The Morgan fingerprint density at radius 1 is 0.900 bits per heavy atom. The van der Waals surface area contributed by atoms with Gasteiger partial charge in [0.1, 0.15) is 0 Å². The summed E-state index contributed by atoms with van der Waals surface area (Å²) >= 11 is 10.6. The molecule has 2 aromatic heterocycles. The van der Waals surface area contributed by atoms with E-state index in [0.717, 1.165) is 18.7 Å². The van der Waals surface area contributed by atoms with Crippen LogP contribution >= 0.6 is 54.5 Å². The third-order valence-corrected chi connectivity index (χ3v) is 7.45. The van der Waals surface area contributed by atoms with Crippen LogP contribution in [-0.2, 0) is 0 Å². The van der Waals surface area contributed by atoms with Gasteiger partial charge in [-0.3, -0.25) is 4.79 Å². The van der Waals surface area contributed by atoms with Crippen molar-refractivity contribution in [3.63, 3.8) is 0 Å². The molecule has 2 aliphatic rings. The molecule has 0 unspecified atom stereocenters. The summed E-state index contributed by atoms with van der Waals surface area (Å²) in [6.45, 7) is 0. The van der Waals surface area contributed by atoms with Crippen LogP contribution in [0.1, 0.15) is 63.2 Å². The highest BCUT2D eigenvalue weighted by Crippen LogP contribution is 2.50. The first-order chi connectivity index (χ1) is 9.63. The number of rotatable bonds is 4. The summed E-state index contributed by atoms with van der Waals surface area (Å²) in [7, 11) is 0. The van der Waals surface area contributed by atoms with E-state index in [-0.39, 0.29) is 5.78 Å². The molecule has 1 nitrogen and oxygen atoms in total. The fourth-order valence-electron chi connectivity index (χ4n) is 2.55. The van der Waals surface area contributed by atoms with Crippen LogP contribution in [0.15, 0.2) is 19.7 Å². The van der Waals surface area contributed by atoms with Crippen LogP contribution in [0.3, 0.4) is 0 Å². The highest BCUT2D eigenvalue weighted by molar-refractivity contribution is 9.11. The first kappa shape index (κ1) is 13.7. The highest BCUT2D eigenvalue weighted by atomic mass is 79.9. The first-order valence-corrected chi connectivity index (χ1v) is 9.98. The second-order valence-corrected chi connectivity index (χ2v) is 10.5. The van der Waals surface area contributed by atoms with Crippen molar-refractivity contribution < 1.29 is 4.79 Å². The van der Waals surface area contributed by atoms with E-state index in [0.29, 0.717) is 11.8 Å². The Hall–Kier alpha value is 0.0300. The van der Waals surface area contributed by atoms with Gasteiger partial charge in [0, 0.05) is 20.9 Å². The minimum atomic E-state index is 0.220. The van der Waals surface area contributed by atoms with Gasteiger partial charge < -0.3 is 0 Å². The van der Waals surface area contributed by atoms with E-state index in [1.54, 1.807) is 22.7 Å². The lowest BCUT2D eigenvalue weighted by molar-refractivity contribution is 0.103. The lowest BCUT2D eigenvalue weighted by Crippen LogP contribution is -2.03. The van der Waals surface area contributed by atoms with Crippen molar-refractivity contribution >= 4 is 60.3 Å². The summed E-state index contributed by atoms with van der Waals surface area (Å²) < 4.78 is 2.15. The van der Waals surface area contributed by atoms with Gasteiger partial charge in [-0.05, 0) is 81.5 Å². The normalized spacial score (nSPS) is 18.5. The maximum atomic E-state index is 13.0. The lowest BCUT2D eigenvalue weighted by Gasteiger charge is -2.03. The van der Waals surface area contributed by atoms with Gasteiger partial charge in [0.05, 0.1) is 7.57 Å². The van der Waals surface area contributed by atoms with Crippen molar-refractivity contribution in [2.75, 3.05) is 0 Å². The first-order valence-electron chi connectivity index (χ1n) is 6.76. The van der Waals surface area contributed by atoms with Gasteiger partial charge in [-0.1, -0.05) is 0 Å². The zero-order valence-electron chi connectivity index (χ0n) is 10.6. The maximum Gasteiger partial charge on any atom is 0.195 e. The van der Waals surface area contributed by atoms with E-state index >= 15 is 0 Å². The summed E-state index contributed by atoms with van der Waals surface area (Å²) in [6.07, 6.45) is 4.93. The van der Waals surface area contributed by atoms with Crippen molar-refractivity contribution in [3.8, 4) is 0 Å². The largest absolute Gasteiger partial charge is 0.289 e. The fraction of sp³-hybridized carbons (Fsp3) is 0.400. The standard InChI is InChI=1S/C15H12Br2OS2/c16-11-5-9(14(19-11)7-1-2-7)13(18)10-6-12(17)20-15(10)8-3-4-8/h5-8H,1-4H2. The molecule has 2 aliphatic carbocycles. The lowest BCUT2D eigenvalue weighted by atomic mass is 10.0. The van der Waals surface area contributed by atoms with Gasteiger partial charge >= 0.3 is 0 Å². The Kier molecular flexibility index (Phi) is 3.45. The van der Waals surface area contributed by atoms with Crippen molar-refractivity contribution in [1.82, 2.24) is 0 Å². The Morgan fingerprint density at radius 3 is 1.65 bits per heavy atom. The molecule has 0 spiro atoms. The molecule has 2 heterocycles. The summed E-state index contributed by atoms with van der Waals surface area (Å²) in [4.78, 5) is 15.5. The molecule has 2 fully saturated rings. The number of carbonyl (C=O) groups is 1. The van der Waals surface area contributed by atoms with E-state index in [9.17, 15) is 4.79 Å². The Bertz CT molecular complexity index is 635. The van der Waals surface area contributed by atoms with Gasteiger partial charge in [-0.15, -0.1) is 22.7 Å². The molecule has 104 valence electrons. The molecule has 0 amide bonds. The van der Waals surface area contributed by atoms with Crippen molar-refractivity contribution in [3.05, 3.63) is 40.6 Å². The topological polar surface area (TPSA) is 17.1 Å². The van der Waals surface area contributed by atoms with E-state index in [1.165, 1.54) is 35.4 Å². The summed E-state index contributed by atoms with van der Waals surface area (Å²) in [6, 6.07) is 4.03. The number of ketones is 1. The van der Waals surface area contributed by atoms with Gasteiger partial charge in [0.25, 0.3) is 0 Å². The molecule has 2 aromatic rings. The number of thiophene rings is 2. The van der Waals surface area contributed by atoms with Crippen LogP contribution in [0.25, 0.3) is 0 Å². The zero-order chi connectivity index (χ0) is 13.9. The molecule has 0 aromatic carbocycles. The monoisotopic (exact) mass is 430 g/mol. The second-order valence-electron chi connectivity index (χ2n) is 5.53. The number of halogens is 2. The predicted molar refractivity (Wildman–Crippen MR) is 91.4 cm³/mol. The van der Waals surface area contributed by atoms with Gasteiger partial charge in [0.15, 0.2) is 5.78 Å². The SMILES string of the molecule is O=C(c1cc(Br)sc1C1CC1)c1cc(Br)sc1C1CC1. The minimum absolute atomic E-state index is 0.220. The van der Waals surface area contributed by atoms with Crippen molar-refractivity contribution in [2.24, 2.45) is 0 Å². The van der Waals surface area contributed by atoms with Crippen LogP contribution in [0.2, 0.25) is 0 Å². The van der Waals surface area contributed by atoms with Gasteiger partial charge in [-0.2, -0.15) is 0 Å². The number of carbonyl (C=O) groups excluding carboxylic acids is 1. The van der Waals surface area contributed by atoms with E-state index in [1.807, 2.05) is 12.1 Å². The van der Waals surface area contributed by atoms with E-state index in [4.69, 9.17) is 0 Å². The molecule has 20 heavy (non-hydrogen) atoms. The molecule has 2 saturated carbocycles. The minimum Gasteiger partial charge on any atom is -0.289 e. The van der Waals surface area contributed by atoms with E-state index < -0.39 is 0 Å².